The second kappa shape index (κ2) is 5.05. The predicted octanol–water partition coefficient (Wildman–Crippen LogP) is 1.69. The number of nitrogens with zero attached hydrogens (tertiary/aromatic N) is 3. The van der Waals surface area contributed by atoms with Crippen LogP contribution in [0.3, 0.4) is 0 Å². The number of aromatic nitrogens is 2. The second-order valence-electron chi connectivity index (χ2n) is 4.93. The van der Waals surface area contributed by atoms with Crippen LogP contribution in [0.5, 0.6) is 0 Å². The zero-order valence-electron chi connectivity index (χ0n) is 11.6. The lowest BCUT2D eigenvalue weighted by Crippen LogP contribution is -2.27. The van der Waals surface area contributed by atoms with E-state index in [0.717, 1.165) is 17.9 Å². The molecule has 1 N–H and O–H groups in total. The topological polar surface area (TPSA) is 75.4 Å². The average Bonchev–Trinajstić information content (AvgIpc) is 3.03. The van der Waals surface area contributed by atoms with Crippen LogP contribution in [0.15, 0.2) is 30.6 Å². The van der Waals surface area contributed by atoms with Crippen molar-refractivity contribution in [2.24, 2.45) is 0 Å². The van der Waals surface area contributed by atoms with Crippen LogP contribution >= 0.6 is 0 Å². The van der Waals surface area contributed by atoms with Gasteiger partial charge >= 0.3 is 5.97 Å². The van der Waals surface area contributed by atoms with Crippen molar-refractivity contribution in [2.45, 2.75) is 26.4 Å². The Hall–Kier alpha value is -2.63. The van der Waals surface area contributed by atoms with Crippen molar-refractivity contribution in [3.05, 3.63) is 47.5 Å². The molecule has 0 saturated carbocycles. The van der Waals surface area contributed by atoms with Gasteiger partial charge in [0.05, 0.1) is 18.5 Å². The van der Waals surface area contributed by atoms with Gasteiger partial charge in [0.1, 0.15) is 5.82 Å². The molecular formula is C15H15N3O3. The molecule has 21 heavy (non-hydrogen) atoms. The standard InChI is InChI=1S/C15H15N3O3/c1-2-17-6-5-16-13(17)9-18-12-7-11(15(20)21)4-3-10(12)8-14(18)19/h3-7H,2,8-9H2,1H3,(H,20,21). The van der Waals surface area contributed by atoms with Crippen LogP contribution in [0, 0.1) is 0 Å². The van der Waals surface area contributed by atoms with Crippen LogP contribution in [-0.2, 0) is 24.3 Å². The lowest BCUT2D eigenvalue weighted by atomic mass is 10.1. The first kappa shape index (κ1) is 13.4. The van der Waals surface area contributed by atoms with Gasteiger partial charge in [0.25, 0.3) is 0 Å². The van der Waals surface area contributed by atoms with Crippen LogP contribution < -0.4 is 4.90 Å². The Bertz CT molecular complexity index is 721. The summed E-state index contributed by atoms with van der Waals surface area (Å²) >= 11 is 0. The summed E-state index contributed by atoms with van der Waals surface area (Å²) in [7, 11) is 0. The molecule has 1 aliphatic rings. The van der Waals surface area contributed by atoms with E-state index in [4.69, 9.17) is 5.11 Å². The molecule has 3 rings (SSSR count). The number of carbonyl (C=O) groups excluding carboxylic acids is 1. The molecule has 0 spiro atoms. The maximum atomic E-state index is 12.2. The Morgan fingerprint density at radius 1 is 1.43 bits per heavy atom. The molecule has 0 fully saturated rings. The van der Waals surface area contributed by atoms with E-state index in [9.17, 15) is 9.59 Å². The highest BCUT2D eigenvalue weighted by molar-refractivity contribution is 6.02. The smallest absolute Gasteiger partial charge is 0.335 e. The molecule has 0 atom stereocenters. The van der Waals surface area contributed by atoms with Gasteiger partial charge in [-0.25, -0.2) is 9.78 Å². The summed E-state index contributed by atoms with van der Waals surface area (Å²) in [5, 5.41) is 9.09. The predicted molar refractivity (Wildman–Crippen MR) is 76.2 cm³/mol. The number of carboxylic acids is 1. The molecule has 0 aliphatic carbocycles. The first-order valence-electron chi connectivity index (χ1n) is 6.76. The Kier molecular flexibility index (Phi) is 3.21. The number of aromatic carboxylic acids is 1. The number of aryl methyl sites for hydroxylation is 1. The summed E-state index contributed by atoms with van der Waals surface area (Å²) in [5.74, 6) is -0.232. The monoisotopic (exact) mass is 285 g/mol. The fourth-order valence-corrected chi connectivity index (χ4v) is 2.58. The fraction of sp³-hybridized carbons (Fsp3) is 0.267. The number of carbonyl (C=O) groups is 2. The Morgan fingerprint density at radius 3 is 2.95 bits per heavy atom. The Labute approximate surface area is 121 Å². The number of fused-ring (bicyclic) bond motifs is 1. The number of anilines is 1. The number of hydrogen-bond donors (Lipinski definition) is 1. The normalized spacial score (nSPS) is 13.6. The van der Waals surface area contributed by atoms with E-state index < -0.39 is 5.97 Å². The SMILES string of the molecule is CCn1ccnc1CN1C(=O)Cc2ccc(C(=O)O)cc21. The summed E-state index contributed by atoms with van der Waals surface area (Å²) in [6.07, 6.45) is 3.88. The van der Waals surface area contributed by atoms with Gasteiger partial charge in [-0.2, -0.15) is 0 Å². The average molecular weight is 285 g/mol. The van der Waals surface area contributed by atoms with Gasteiger partial charge in [0, 0.05) is 24.6 Å². The molecule has 2 heterocycles. The van der Waals surface area contributed by atoms with Crippen molar-refractivity contribution in [1.29, 1.82) is 0 Å². The van der Waals surface area contributed by atoms with E-state index in [1.807, 2.05) is 17.7 Å². The molecule has 0 radical (unpaired) electrons. The minimum absolute atomic E-state index is 0.0295. The van der Waals surface area contributed by atoms with Crippen molar-refractivity contribution in [3.8, 4) is 0 Å². The van der Waals surface area contributed by atoms with Crippen LogP contribution in [0.1, 0.15) is 28.7 Å². The first-order chi connectivity index (χ1) is 10.1. The fourth-order valence-electron chi connectivity index (χ4n) is 2.58. The molecule has 2 aromatic rings. The summed E-state index contributed by atoms with van der Waals surface area (Å²) in [6.45, 7) is 3.14. The highest BCUT2D eigenvalue weighted by atomic mass is 16.4. The molecule has 0 saturated heterocycles. The van der Waals surface area contributed by atoms with Gasteiger partial charge in [0.2, 0.25) is 5.91 Å². The van der Waals surface area contributed by atoms with Crippen molar-refractivity contribution in [3.63, 3.8) is 0 Å². The number of carboxylic acid groups (broad SMARTS) is 1. The molecule has 1 aromatic carbocycles. The van der Waals surface area contributed by atoms with E-state index in [1.165, 1.54) is 6.07 Å². The molecule has 1 aromatic heterocycles. The Balaban J connectivity index is 1.96. The van der Waals surface area contributed by atoms with Gasteiger partial charge < -0.3 is 14.6 Å². The van der Waals surface area contributed by atoms with Crippen LogP contribution in [0.25, 0.3) is 0 Å². The van der Waals surface area contributed by atoms with E-state index in [-0.39, 0.29) is 11.5 Å². The summed E-state index contributed by atoms with van der Waals surface area (Å²) in [4.78, 5) is 29.1. The summed E-state index contributed by atoms with van der Waals surface area (Å²) in [6, 6.07) is 4.80. The van der Waals surface area contributed by atoms with Crippen LogP contribution in [0.2, 0.25) is 0 Å². The third kappa shape index (κ3) is 2.29. The van der Waals surface area contributed by atoms with Crippen LogP contribution in [0.4, 0.5) is 5.69 Å². The zero-order valence-corrected chi connectivity index (χ0v) is 11.6. The molecule has 6 nitrogen and oxygen atoms in total. The minimum atomic E-state index is -0.993. The van der Waals surface area contributed by atoms with Gasteiger partial charge in [-0.15, -0.1) is 0 Å². The summed E-state index contributed by atoms with van der Waals surface area (Å²) in [5.41, 5.74) is 1.72. The number of benzene rings is 1. The number of rotatable bonds is 4. The van der Waals surface area contributed by atoms with Crippen molar-refractivity contribution < 1.29 is 14.7 Å². The zero-order chi connectivity index (χ0) is 15.0. The highest BCUT2D eigenvalue weighted by Crippen LogP contribution is 2.31. The number of amides is 1. The Morgan fingerprint density at radius 2 is 2.24 bits per heavy atom. The minimum Gasteiger partial charge on any atom is -0.478 e. The van der Waals surface area contributed by atoms with Crippen molar-refractivity contribution in [1.82, 2.24) is 9.55 Å². The van der Waals surface area contributed by atoms with E-state index in [0.29, 0.717) is 18.7 Å². The van der Waals surface area contributed by atoms with E-state index in [2.05, 4.69) is 4.98 Å². The third-order valence-electron chi connectivity index (χ3n) is 3.71. The molecule has 108 valence electrons. The molecule has 1 amide bonds. The summed E-state index contributed by atoms with van der Waals surface area (Å²) < 4.78 is 1.96. The van der Waals surface area contributed by atoms with Gasteiger partial charge in [0.15, 0.2) is 0 Å². The lowest BCUT2D eigenvalue weighted by molar-refractivity contribution is -0.117. The molecule has 0 bridgehead atoms. The molecule has 6 heteroatoms. The first-order valence-corrected chi connectivity index (χ1v) is 6.76. The largest absolute Gasteiger partial charge is 0.478 e. The molecule has 1 aliphatic heterocycles. The van der Waals surface area contributed by atoms with E-state index >= 15 is 0 Å². The molecule has 0 unspecified atom stereocenters. The second-order valence-corrected chi connectivity index (χ2v) is 4.93. The highest BCUT2D eigenvalue weighted by Gasteiger charge is 2.29. The van der Waals surface area contributed by atoms with Gasteiger partial charge in [-0.3, -0.25) is 4.79 Å². The maximum Gasteiger partial charge on any atom is 0.335 e. The van der Waals surface area contributed by atoms with Crippen molar-refractivity contribution in [2.75, 3.05) is 4.90 Å². The van der Waals surface area contributed by atoms with Crippen LogP contribution in [-0.4, -0.2) is 26.5 Å². The third-order valence-corrected chi connectivity index (χ3v) is 3.71. The molecular weight excluding hydrogens is 270 g/mol. The quantitative estimate of drug-likeness (QED) is 0.927. The van der Waals surface area contributed by atoms with E-state index in [1.54, 1.807) is 23.2 Å². The van der Waals surface area contributed by atoms with Gasteiger partial charge in [-0.05, 0) is 24.6 Å². The number of hydrogen-bond acceptors (Lipinski definition) is 3. The van der Waals surface area contributed by atoms with Gasteiger partial charge in [-0.1, -0.05) is 6.07 Å². The number of imidazole rings is 1. The van der Waals surface area contributed by atoms with Crippen molar-refractivity contribution >= 4 is 17.6 Å². The lowest BCUT2D eigenvalue weighted by Gasteiger charge is -2.18. The maximum absolute atomic E-state index is 12.2.